The zero-order valence-electron chi connectivity index (χ0n) is 15.1. The molecule has 0 rings (SSSR count). The lowest BCUT2D eigenvalue weighted by Crippen LogP contribution is -2.52. The highest BCUT2D eigenvalue weighted by Gasteiger charge is 2.39. The van der Waals surface area contributed by atoms with Crippen LogP contribution in [0.5, 0.6) is 0 Å². The van der Waals surface area contributed by atoms with Gasteiger partial charge in [0.25, 0.3) is 0 Å². The van der Waals surface area contributed by atoms with Crippen molar-refractivity contribution >= 4 is 25.2 Å². The van der Waals surface area contributed by atoms with Gasteiger partial charge in [0.2, 0.25) is 0 Å². The van der Waals surface area contributed by atoms with Crippen molar-refractivity contribution < 1.29 is 18.1 Å². The first-order chi connectivity index (χ1) is 9.54. The highest BCUT2D eigenvalue weighted by atomic mass is 28.5. The van der Waals surface area contributed by atoms with Crippen molar-refractivity contribution in [1.82, 2.24) is 0 Å². The summed E-state index contributed by atoms with van der Waals surface area (Å²) in [6, 6.07) is 2.16. The van der Waals surface area contributed by atoms with Crippen LogP contribution in [-0.2, 0) is 13.0 Å². The molecule has 128 valence electrons. The molecule has 0 aromatic rings. The van der Waals surface area contributed by atoms with Gasteiger partial charge in [-0.25, -0.2) is 0 Å². The van der Waals surface area contributed by atoms with E-state index in [2.05, 4.69) is 46.2 Å². The maximum atomic E-state index is 8.73. The molecule has 1 N–H and O–H groups in total. The van der Waals surface area contributed by atoms with Crippen LogP contribution < -0.4 is 0 Å². The lowest BCUT2D eigenvalue weighted by atomic mass is 10.4. The number of unbranched alkanes of at least 4 members (excludes halogenated alkanes) is 1. The van der Waals surface area contributed by atoms with Crippen molar-refractivity contribution in [2.45, 2.75) is 71.1 Å². The van der Waals surface area contributed by atoms with Gasteiger partial charge in [0.05, 0.1) is 13.2 Å². The fourth-order valence-corrected chi connectivity index (χ4v) is 16.4. The molecule has 0 aliphatic rings. The molecule has 0 saturated carbocycles. The molecule has 0 aromatic carbocycles. The molecule has 0 fully saturated rings. The first kappa shape index (κ1) is 21.5. The molecule has 21 heavy (non-hydrogen) atoms. The molecule has 0 spiro atoms. The minimum absolute atomic E-state index is 0.0867. The fourth-order valence-electron chi connectivity index (χ4n) is 2.54. The molecule has 0 heterocycles. The van der Waals surface area contributed by atoms with Gasteiger partial charge in [0.1, 0.15) is 0 Å². The van der Waals surface area contributed by atoms with Crippen LogP contribution in [0.2, 0.25) is 51.4 Å². The molecule has 0 unspecified atom stereocenters. The zero-order chi connectivity index (χ0) is 16.6. The van der Waals surface area contributed by atoms with Gasteiger partial charge in [-0.2, -0.15) is 0 Å². The predicted octanol–water partition coefficient (Wildman–Crippen LogP) is 3.94. The van der Waals surface area contributed by atoms with E-state index in [9.17, 15) is 0 Å². The summed E-state index contributed by atoms with van der Waals surface area (Å²) in [5.41, 5.74) is 0. The Balaban J connectivity index is 4.35. The van der Waals surface area contributed by atoms with Crippen LogP contribution in [0.15, 0.2) is 0 Å². The van der Waals surface area contributed by atoms with Crippen molar-refractivity contribution in [2.24, 2.45) is 0 Å². The minimum atomic E-state index is -2.07. The van der Waals surface area contributed by atoms with Gasteiger partial charge in [-0.05, 0) is 51.4 Å². The second-order valence-corrected chi connectivity index (χ2v) is 19.8. The smallest absolute Gasteiger partial charge is 0.311 e. The number of aliphatic hydroxyl groups is 1. The summed E-state index contributed by atoms with van der Waals surface area (Å²) in [5, 5.41) is 8.73. The molecular weight excluding hydrogens is 316 g/mol. The predicted molar refractivity (Wildman–Crippen MR) is 97.0 cm³/mol. The third-order valence-corrected chi connectivity index (χ3v) is 14.6. The van der Waals surface area contributed by atoms with E-state index in [1.54, 1.807) is 0 Å². The summed E-state index contributed by atoms with van der Waals surface area (Å²) >= 11 is 0. The van der Waals surface area contributed by atoms with Crippen LogP contribution in [0.3, 0.4) is 0 Å². The Hall–Kier alpha value is 0.491. The third kappa shape index (κ3) is 11.7. The average molecular weight is 353 g/mol. The van der Waals surface area contributed by atoms with Crippen LogP contribution in [0.1, 0.15) is 19.8 Å². The van der Waals surface area contributed by atoms with E-state index in [0.29, 0.717) is 13.2 Å². The van der Waals surface area contributed by atoms with E-state index in [1.807, 2.05) is 0 Å². The summed E-state index contributed by atoms with van der Waals surface area (Å²) < 4.78 is 18.3. The van der Waals surface area contributed by atoms with Crippen LogP contribution in [-0.4, -0.2) is 50.1 Å². The normalized spacial score (nSPS) is 13.7. The fraction of sp³-hybridized carbons (Fsp3) is 1.00. The van der Waals surface area contributed by atoms with Gasteiger partial charge < -0.3 is 18.1 Å². The second kappa shape index (κ2) is 9.59. The summed E-state index contributed by atoms with van der Waals surface area (Å²) in [7, 11) is -5.45. The van der Waals surface area contributed by atoms with E-state index >= 15 is 0 Å². The molecule has 0 aliphatic carbocycles. The molecule has 0 atom stereocenters. The van der Waals surface area contributed by atoms with Crippen molar-refractivity contribution in [1.29, 1.82) is 0 Å². The van der Waals surface area contributed by atoms with Gasteiger partial charge >= 0.3 is 8.56 Å². The van der Waals surface area contributed by atoms with E-state index in [0.717, 1.165) is 6.04 Å². The summed E-state index contributed by atoms with van der Waals surface area (Å²) in [5.74, 6) is 0. The lowest BCUT2D eigenvalue weighted by Gasteiger charge is -2.38. The SMILES string of the molecule is CCCC[Si](C)(C)O[Si](C)(C)O[Si](C)(C)CCOCCO. The van der Waals surface area contributed by atoms with Gasteiger partial charge in [-0.3, -0.25) is 0 Å². The van der Waals surface area contributed by atoms with Crippen LogP contribution in [0, 0.1) is 0 Å². The Morgan fingerprint density at radius 2 is 1.33 bits per heavy atom. The Labute approximate surface area is 134 Å². The number of aliphatic hydroxyl groups excluding tert-OH is 1. The maximum Gasteiger partial charge on any atom is 0.311 e. The van der Waals surface area contributed by atoms with E-state index in [-0.39, 0.29) is 6.61 Å². The summed E-state index contributed by atoms with van der Waals surface area (Å²) in [6.45, 7) is 16.8. The average Bonchev–Trinajstić information content (AvgIpc) is 2.29. The van der Waals surface area contributed by atoms with Crippen LogP contribution >= 0.6 is 0 Å². The van der Waals surface area contributed by atoms with Gasteiger partial charge in [-0.15, -0.1) is 0 Å². The quantitative estimate of drug-likeness (QED) is 0.427. The second-order valence-electron chi connectivity index (χ2n) is 7.31. The number of hydrogen-bond acceptors (Lipinski definition) is 4. The molecule has 7 heteroatoms. The van der Waals surface area contributed by atoms with Crippen LogP contribution in [0.25, 0.3) is 0 Å². The lowest BCUT2D eigenvalue weighted by molar-refractivity contribution is 0.0998. The van der Waals surface area contributed by atoms with Crippen molar-refractivity contribution in [3.8, 4) is 0 Å². The zero-order valence-corrected chi connectivity index (χ0v) is 18.1. The minimum Gasteiger partial charge on any atom is -0.437 e. The molecular formula is C14H36O4Si3. The first-order valence-corrected chi connectivity index (χ1v) is 17.2. The van der Waals surface area contributed by atoms with Gasteiger partial charge in [-0.1, -0.05) is 19.8 Å². The summed E-state index contributed by atoms with van der Waals surface area (Å²) in [6.07, 6.45) is 2.48. The van der Waals surface area contributed by atoms with E-state index in [4.69, 9.17) is 18.1 Å². The van der Waals surface area contributed by atoms with E-state index in [1.165, 1.54) is 18.9 Å². The van der Waals surface area contributed by atoms with Crippen molar-refractivity contribution in [3.63, 3.8) is 0 Å². The Bertz CT molecular complexity index is 283. The van der Waals surface area contributed by atoms with E-state index < -0.39 is 25.2 Å². The Morgan fingerprint density at radius 1 is 0.810 bits per heavy atom. The number of hydrogen-bond donors (Lipinski definition) is 1. The number of rotatable bonds is 12. The molecule has 4 nitrogen and oxygen atoms in total. The molecule has 0 amide bonds. The molecule has 0 bridgehead atoms. The highest BCUT2D eigenvalue weighted by molar-refractivity contribution is 6.87. The first-order valence-electron chi connectivity index (χ1n) is 8.12. The van der Waals surface area contributed by atoms with Gasteiger partial charge in [0.15, 0.2) is 16.6 Å². The Kier molecular flexibility index (Phi) is 9.81. The topological polar surface area (TPSA) is 47.9 Å². The molecule has 0 radical (unpaired) electrons. The summed E-state index contributed by atoms with van der Waals surface area (Å²) in [4.78, 5) is 0. The molecule has 0 saturated heterocycles. The number of ether oxygens (including phenoxy) is 1. The largest absolute Gasteiger partial charge is 0.437 e. The van der Waals surface area contributed by atoms with Crippen molar-refractivity contribution in [2.75, 3.05) is 19.8 Å². The van der Waals surface area contributed by atoms with Crippen LogP contribution in [0.4, 0.5) is 0 Å². The monoisotopic (exact) mass is 352 g/mol. The maximum absolute atomic E-state index is 8.73. The Morgan fingerprint density at radius 3 is 1.81 bits per heavy atom. The standard InChI is InChI=1S/C14H36O4Si3/c1-8-9-13-19(2,3)17-21(6,7)18-20(4,5)14-12-16-11-10-15/h15H,8-14H2,1-7H3. The highest BCUT2D eigenvalue weighted by Crippen LogP contribution is 2.25. The molecule has 0 aromatic heterocycles. The third-order valence-electron chi connectivity index (χ3n) is 3.26. The van der Waals surface area contributed by atoms with Gasteiger partial charge in [0, 0.05) is 6.61 Å². The van der Waals surface area contributed by atoms with Crippen molar-refractivity contribution in [3.05, 3.63) is 0 Å². The molecule has 0 aliphatic heterocycles.